The van der Waals surface area contributed by atoms with E-state index in [9.17, 15) is 10.1 Å². The van der Waals surface area contributed by atoms with Gasteiger partial charge in [-0.2, -0.15) is 0 Å². The smallest absolute Gasteiger partial charge is 0.378 e. The zero-order chi connectivity index (χ0) is 13.7. The highest BCUT2D eigenvalue weighted by Crippen LogP contribution is 2.24. The monoisotopic (exact) mass is 251 g/mol. The molecule has 0 radical (unpaired) electrons. The average molecular weight is 251 g/mol. The van der Waals surface area contributed by atoms with E-state index < -0.39 is 4.92 Å². The molecule has 0 saturated heterocycles. The van der Waals surface area contributed by atoms with Crippen LogP contribution in [0.1, 0.15) is 27.7 Å². The van der Waals surface area contributed by atoms with Gasteiger partial charge in [0.05, 0.1) is 0 Å². The van der Waals surface area contributed by atoms with Crippen molar-refractivity contribution in [3.05, 3.63) is 28.4 Å². The minimum atomic E-state index is -0.456. The summed E-state index contributed by atoms with van der Waals surface area (Å²) >= 11 is 0. The first kappa shape index (κ1) is 14.4. The number of hydrogen-bond donors (Lipinski definition) is 1. The molecule has 1 aromatic heterocycles. The van der Waals surface area contributed by atoms with Crippen LogP contribution in [0.15, 0.2) is 18.3 Å². The Balaban J connectivity index is 2.76. The third kappa shape index (κ3) is 3.68. The fourth-order valence-corrected chi connectivity index (χ4v) is 2.15. The number of pyridine rings is 1. The van der Waals surface area contributed by atoms with E-state index in [1.54, 1.807) is 12.1 Å². The van der Waals surface area contributed by atoms with Crippen molar-refractivity contribution in [2.45, 2.75) is 27.7 Å². The molecule has 1 heterocycles. The molecule has 0 fully saturated rings. The molecule has 100 valence electrons. The summed E-state index contributed by atoms with van der Waals surface area (Å²) in [4.78, 5) is 14.2. The van der Waals surface area contributed by atoms with Gasteiger partial charge in [-0.25, -0.2) is 0 Å². The van der Waals surface area contributed by atoms with Gasteiger partial charge in [-0.15, -0.1) is 0 Å². The molecule has 5 heteroatoms. The van der Waals surface area contributed by atoms with Crippen LogP contribution in [-0.4, -0.2) is 16.5 Å². The van der Waals surface area contributed by atoms with E-state index in [-0.39, 0.29) is 5.82 Å². The predicted molar refractivity (Wildman–Crippen MR) is 72.5 cm³/mol. The molecule has 0 bridgehead atoms. The molecule has 5 nitrogen and oxygen atoms in total. The number of aromatic nitrogens is 1. The zero-order valence-electron chi connectivity index (χ0n) is 11.4. The topological polar surface area (TPSA) is 68.1 Å². The minimum Gasteiger partial charge on any atom is -0.378 e. The summed E-state index contributed by atoms with van der Waals surface area (Å²) in [6, 6.07) is 3.40. The molecule has 0 aromatic carbocycles. The molecule has 0 atom stereocenters. The highest BCUT2D eigenvalue weighted by Gasteiger charge is 2.19. The second kappa shape index (κ2) is 6.33. The maximum absolute atomic E-state index is 10.8. The highest BCUT2D eigenvalue weighted by atomic mass is 16.6. The Hall–Kier alpha value is -1.65. The summed E-state index contributed by atoms with van der Waals surface area (Å²) in [7, 11) is 0. The van der Waals surface area contributed by atoms with E-state index in [1.807, 2.05) is 0 Å². The van der Waals surface area contributed by atoms with E-state index >= 15 is 0 Å². The van der Waals surface area contributed by atoms with Gasteiger partial charge in [-0.1, -0.05) is 27.7 Å². The van der Waals surface area contributed by atoms with Crippen molar-refractivity contribution in [2.75, 3.05) is 11.9 Å². The summed E-state index contributed by atoms with van der Waals surface area (Å²) in [5, 5.41) is 14.0. The van der Waals surface area contributed by atoms with Gasteiger partial charge in [0.15, 0.2) is 0 Å². The van der Waals surface area contributed by atoms with E-state index in [0.29, 0.717) is 23.4 Å². The summed E-state index contributed by atoms with van der Waals surface area (Å²) < 4.78 is 0. The maximum atomic E-state index is 10.8. The molecule has 0 saturated carbocycles. The van der Waals surface area contributed by atoms with Crippen LogP contribution in [-0.2, 0) is 0 Å². The quantitative estimate of drug-likeness (QED) is 0.622. The summed E-state index contributed by atoms with van der Waals surface area (Å²) in [6.07, 6.45) is 1.44. The van der Waals surface area contributed by atoms with Crippen LogP contribution in [0.4, 0.5) is 11.5 Å². The van der Waals surface area contributed by atoms with Gasteiger partial charge < -0.3 is 15.4 Å². The lowest BCUT2D eigenvalue weighted by molar-refractivity contribution is -0.388. The second-order valence-electron chi connectivity index (χ2n) is 5.16. The van der Waals surface area contributed by atoms with Gasteiger partial charge in [-0.05, 0) is 39.8 Å². The molecule has 1 N–H and O–H groups in total. The van der Waals surface area contributed by atoms with Crippen molar-refractivity contribution in [2.24, 2.45) is 17.8 Å². The Morgan fingerprint density at radius 2 is 1.94 bits per heavy atom. The number of nitro groups is 1. The van der Waals surface area contributed by atoms with Crippen LogP contribution in [0.25, 0.3) is 0 Å². The Bertz CT molecular complexity index is 397. The molecule has 0 aliphatic heterocycles. The first-order valence-corrected chi connectivity index (χ1v) is 6.26. The van der Waals surface area contributed by atoms with Gasteiger partial charge in [0.1, 0.15) is 11.9 Å². The summed E-state index contributed by atoms with van der Waals surface area (Å²) in [6.45, 7) is 9.41. The van der Waals surface area contributed by atoms with Crippen molar-refractivity contribution < 1.29 is 4.92 Å². The van der Waals surface area contributed by atoms with Gasteiger partial charge in [0.2, 0.25) is 0 Å². The van der Waals surface area contributed by atoms with E-state index in [1.165, 1.54) is 6.20 Å². The van der Waals surface area contributed by atoms with Gasteiger partial charge in [0.25, 0.3) is 0 Å². The van der Waals surface area contributed by atoms with Crippen LogP contribution in [0.3, 0.4) is 0 Å². The largest absolute Gasteiger partial charge is 0.386 e. The van der Waals surface area contributed by atoms with Gasteiger partial charge >= 0.3 is 5.82 Å². The molecule has 0 aliphatic rings. The SMILES string of the molecule is CC(C)C(CNc1cccnc1[N+](=O)[O-])C(C)C. The summed E-state index contributed by atoms with van der Waals surface area (Å²) in [5.41, 5.74) is 0.494. The second-order valence-corrected chi connectivity index (χ2v) is 5.16. The lowest BCUT2D eigenvalue weighted by atomic mass is 9.85. The molecular weight excluding hydrogens is 230 g/mol. The van der Waals surface area contributed by atoms with Crippen molar-refractivity contribution in [3.63, 3.8) is 0 Å². The molecule has 1 aromatic rings. The lowest BCUT2D eigenvalue weighted by Gasteiger charge is -2.25. The average Bonchev–Trinajstić information content (AvgIpc) is 2.28. The van der Waals surface area contributed by atoms with Crippen molar-refractivity contribution in [1.29, 1.82) is 0 Å². The highest BCUT2D eigenvalue weighted by molar-refractivity contribution is 5.56. The van der Waals surface area contributed by atoms with Crippen LogP contribution >= 0.6 is 0 Å². The number of hydrogen-bond acceptors (Lipinski definition) is 4. The molecule has 0 amide bonds. The third-order valence-corrected chi connectivity index (χ3v) is 3.20. The molecule has 0 unspecified atom stereocenters. The minimum absolute atomic E-state index is 0.108. The van der Waals surface area contributed by atoms with Crippen LogP contribution in [0, 0.1) is 27.9 Å². The first-order valence-electron chi connectivity index (χ1n) is 6.26. The molecule has 0 spiro atoms. The number of nitrogens with one attached hydrogen (secondary N) is 1. The number of anilines is 1. The molecular formula is C13H21N3O2. The Morgan fingerprint density at radius 1 is 1.33 bits per heavy atom. The van der Waals surface area contributed by atoms with Gasteiger partial charge in [-0.3, -0.25) is 0 Å². The van der Waals surface area contributed by atoms with E-state index in [4.69, 9.17) is 0 Å². The number of nitrogens with zero attached hydrogens (tertiary/aromatic N) is 2. The fourth-order valence-electron chi connectivity index (χ4n) is 2.15. The van der Waals surface area contributed by atoms with E-state index in [2.05, 4.69) is 38.0 Å². The van der Waals surface area contributed by atoms with Crippen LogP contribution < -0.4 is 5.32 Å². The van der Waals surface area contributed by atoms with Crippen molar-refractivity contribution in [1.82, 2.24) is 4.98 Å². The molecule has 1 rings (SSSR count). The Morgan fingerprint density at radius 3 is 2.44 bits per heavy atom. The third-order valence-electron chi connectivity index (χ3n) is 3.20. The van der Waals surface area contributed by atoms with Crippen molar-refractivity contribution >= 4 is 11.5 Å². The van der Waals surface area contributed by atoms with E-state index in [0.717, 1.165) is 6.54 Å². The van der Waals surface area contributed by atoms with Crippen molar-refractivity contribution in [3.8, 4) is 0 Å². The van der Waals surface area contributed by atoms with Crippen LogP contribution in [0.2, 0.25) is 0 Å². The molecule has 18 heavy (non-hydrogen) atoms. The van der Waals surface area contributed by atoms with Gasteiger partial charge in [0, 0.05) is 6.54 Å². The first-order chi connectivity index (χ1) is 8.43. The molecule has 0 aliphatic carbocycles. The van der Waals surface area contributed by atoms with Crippen LogP contribution in [0.5, 0.6) is 0 Å². The Labute approximate surface area is 108 Å². The fraction of sp³-hybridized carbons (Fsp3) is 0.615. The summed E-state index contributed by atoms with van der Waals surface area (Å²) in [5.74, 6) is 1.44. The Kier molecular flexibility index (Phi) is 5.07. The lowest BCUT2D eigenvalue weighted by Crippen LogP contribution is -2.24. The standard InChI is InChI=1S/C13H21N3O2/c1-9(2)11(10(3)4)8-15-12-6-5-7-14-13(12)16(17)18/h5-7,9-11,15H,8H2,1-4H3. The zero-order valence-corrected chi connectivity index (χ0v) is 11.4. The normalized spacial score (nSPS) is 11.3. The maximum Gasteiger partial charge on any atom is 0.386 e. The number of rotatable bonds is 6. The predicted octanol–water partition coefficient (Wildman–Crippen LogP) is 3.33.